The van der Waals surface area contributed by atoms with Gasteiger partial charge in [-0.3, -0.25) is 4.55 Å². The Hall–Kier alpha value is -3.97. The van der Waals surface area contributed by atoms with Crippen molar-refractivity contribution in [1.82, 2.24) is 5.32 Å². The van der Waals surface area contributed by atoms with Crippen LogP contribution in [0, 0.1) is 0 Å². The fraction of sp³-hybridized carbons (Fsp3) is 0.231. The third-order valence-corrected chi connectivity index (χ3v) is 5.65. The zero-order valence-electron chi connectivity index (χ0n) is 20.4. The first-order chi connectivity index (χ1) is 18.0. The lowest BCUT2D eigenvalue weighted by Gasteiger charge is -2.19. The van der Waals surface area contributed by atoms with E-state index in [0.717, 1.165) is 12.8 Å². The molecule has 0 bridgehead atoms. The number of unbranched alkanes of at least 4 members (excludes halogenated alkanes) is 1. The molecular formula is C26H27NO10S. The van der Waals surface area contributed by atoms with Crippen molar-refractivity contribution in [3.8, 4) is 23.0 Å². The summed E-state index contributed by atoms with van der Waals surface area (Å²) in [6.07, 6.45) is 0.426. The first kappa shape index (κ1) is 28.6. The quantitative estimate of drug-likeness (QED) is 0.113. The van der Waals surface area contributed by atoms with Gasteiger partial charge in [-0.15, -0.1) is 0 Å². The molecule has 0 saturated heterocycles. The van der Waals surface area contributed by atoms with Gasteiger partial charge in [-0.25, -0.2) is 13.8 Å². The van der Waals surface area contributed by atoms with E-state index in [4.69, 9.17) is 13.7 Å². The maximum Gasteiger partial charge on any atom is 0.397 e. The molecule has 202 valence electrons. The highest BCUT2D eigenvalue weighted by Crippen LogP contribution is 2.30. The largest absolute Gasteiger partial charge is 0.508 e. The van der Waals surface area contributed by atoms with Crippen LogP contribution in [0.4, 0.5) is 0 Å². The van der Waals surface area contributed by atoms with Gasteiger partial charge in [0.1, 0.15) is 29.1 Å². The number of phenols is 2. The average Bonchev–Trinajstić information content (AvgIpc) is 2.85. The molecule has 12 heteroatoms. The Morgan fingerprint density at radius 3 is 1.74 bits per heavy atom. The van der Waals surface area contributed by atoms with Gasteiger partial charge in [-0.2, -0.15) is 8.42 Å². The summed E-state index contributed by atoms with van der Waals surface area (Å²) in [5.41, 5.74) is 0.349. The van der Waals surface area contributed by atoms with Crippen LogP contribution in [0.25, 0.3) is 0 Å². The number of aromatic hydroxyl groups is 2. The van der Waals surface area contributed by atoms with Gasteiger partial charge in [0.15, 0.2) is 0 Å². The molecule has 3 rings (SSSR count). The first-order valence-electron chi connectivity index (χ1n) is 11.6. The summed E-state index contributed by atoms with van der Waals surface area (Å²) in [5.74, 6) is -1.91. The molecule has 0 saturated carbocycles. The van der Waals surface area contributed by atoms with E-state index in [1.54, 1.807) is 0 Å². The van der Waals surface area contributed by atoms with Crippen LogP contribution in [0.1, 0.15) is 52.1 Å². The van der Waals surface area contributed by atoms with Crippen molar-refractivity contribution in [3.63, 3.8) is 0 Å². The number of esters is 2. The topological polar surface area (TPSA) is 169 Å². The second-order valence-corrected chi connectivity index (χ2v) is 9.23. The maximum absolute atomic E-state index is 12.7. The number of hydrogen-bond acceptors (Lipinski definition) is 10. The van der Waals surface area contributed by atoms with Crippen molar-refractivity contribution in [1.29, 1.82) is 0 Å². The number of phenolic OH excluding ortho intramolecular Hbond substituents is 2. The highest BCUT2D eigenvalue weighted by molar-refractivity contribution is 7.80. The van der Waals surface area contributed by atoms with Crippen LogP contribution < -0.4 is 14.8 Å². The summed E-state index contributed by atoms with van der Waals surface area (Å²) < 4.78 is 48.1. The van der Waals surface area contributed by atoms with Gasteiger partial charge in [-0.05, 0) is 79.2 Å². The van der Waals surface area contributed by atoms with E-state index in [9.17, 15) is 32.8 Å². The normalized spacial score (nSPS) is 12.1. The number of rotatable bonds is 12. The molecule has 3 aromatic rings. The molecule has 3 aromatic carbocycles. The zero-order valence-corrected chi connectivity index (χ0v) is 21.2. The molecule has 4 N–H and O–H groups in total. The lowest BCUT2D eigenvalue weighted by molar-refractivity contribution is 0.0731. The molecule has 0 aliphatic carbocycles. The van der Waals surface area contributed by atoms with Crippen LogP contribution in [0.2, 0.25) is 0 Å². The molecule has 38 heavy (non-hydrogen) atoms. The maximum atomic E-state index is 12.7. The molecule has 11 nitrogen and oxygen atoms in total. The molecule has 0 amide bonds. The van der Waals surface area contributed by atoms with Crippen LogP contribution in [0.15, 0.2) is 66.7 Å². The number of nitrogens with one attached hydrogen (secondary N) is 1. The van der Waals surface area contributed by atoms with Gasteiger partial charge < -0.3 is 25.0 Å². The zero-order chi connectivity index (χ0) is 27.7. The molecule has 0 fully saturated rings. The molecule has 0 aliphatic heterocycles. The minimum absolute atomic E-state index is 0.0412. The summed E-state index contributed by atoms with van der Waals surface area (Å²) in [6, 6.07) is 14.4. The van der Waals surface area contributed by atoms with Crippen molar-refractivity contribution in [2.45, 2.75) is 25.9 Å². The van der Waals surface area contributed by atoms with E-state index in [1.165, 1.54) is 66.7 Å². The summed E-state index contributed by atoms with van der Waals surface area (Å²) in [6.45, 7) is 2.48. The van der Waals surface area contributed by atoms with E-state index < -0.39 is 28.4 Å². The van der Waals surface area contributed by atoms with Crippen molar-refractivity contribution in [3.05, 3.63) is 83.4 Å². The molecule has 1 unspecified atom stereocenters. The monoisotopic (exact) mass is 545 g/mol. The lowest BCUT2D eigenvalue weighted by Crippen LogP contribution is -2.26. The number of carbonyl (C=O) groups excluding carboxylic acids is 2. The van der Waals surface area contributed by atoms with Gasteiger partial charge in [0.05, 0.1) is 11.1 Å². The Morgan fingerprint density at radius 1 is 0.842 bits per heavy atom. The molecular weight excluding hydrogens is 518 g/mol. The van der Waals surface area contributed by atoms with Gasteiger partial charge in [0.25, 0.3) is 0 Å². The van der Waals surface area contributed by atoms with E-state index in [2.05, 4.69) is 5.32 Å². The smallest absolute Gasteiger partial charge is 0.397 e. The molecule has 0 radical (unpaired) electrons. The summed E-state index contributed by atoms with van der Waals surface area (Å²) in [4.78, 5) is 25.3. The molecule has 0 aromatic heterocycles. The average molecular weight is 546 g/mol. The van der Waals surface area contributed by atoms with Gasteiger partial charge in [0, 0.05) is 12.6 Å². The van der Waals surface area contributed by atoms with E-state index in [1.807, 2.05) is 6.92 Å². The highest BCUT2D eigenvalue weighted by atomic mass is 32.3. The minimum Gasteiger partial charge on any atom is -0.508 e. The molecule has 0 aliphatic rings. The van der Waals surface area contributed by atoms with Crippen molar-refractivity contribution < 1.29 is 46.4 Å². The van der Waals surface area contributed by atoms with Crippen molar-refractivity contribution >= 4 is 22.3 Å². The van der Waals surface area contributed by atoms with E-state index in [0.29, 0.717) is 6.54 Å². The third kappa shape index (κ3) is 8.85. The Bertz CT molecular complexity index is 1280. The Labute approximate surface area is 219 Å². The SMILES string of the molecule is CCCCNCC(OS(=O)(=O)O)c1cc(OC(=O)c2ccc(O)cc2)cc(OC(=O)c2ccc(O)cc2)c1. The van der Waals surface area contributed by atoms with Crippen LogP contribution >= 0.6 is 0 Å². The molecule has 0 spiro atoms. The van der Waals surface area contributed by atoms with E-state index in [-0.39, 0.29) is 46.2 Å². The lowest BCUT2D eigenvalue weighted by atomic mass is 10.1. The van der Waals surface area contributed by atoms with Crippen LogP contribution in [0.5, 0.6) is 23.0 Å². The van der Waals surface area contributed by atoms with Gasteiger partial charge >= 0.3 is 22.3 Å². The van der Waals surface area contributed by atoms with Crippen LogP contribution in [-0.4, -0.2) is 48.2 Å². The summed E-state index contributed by atoms with van der Waals surface area (Å²) in [5, 5.41) is 21.9. The third-order valence-electron chi connectivity index (χ3n) is 5.18. The predicted octanol–water partition coefficient (Wildman–Crippen LogP) is 3.79. The van der Waals surface area contributed by atoms with Crippen molar-refractivity contribution in [2.75, 3.05) is 13.1 Å². The Balaban J connectivity index is 1.95. The van der Waals surface area contributed by atoms with Crippen molar-refractivity contribution in [2.24, 2.45) is 0 Å². The minimum atomic E-state index is -4.88. The predicted molar refractivity (Wildman–Crippen MR) is 136 cm³/mol. The molecule has 0 heterocycles. The fourth-order valence-corrected chi connectivity index (χ4v) is 3.79. The highest BCUT2D eigenvalue weighted by Gasteiger charge is 2.23. The van der Waals surface area contributed by atoms with Gasteiger partial charge in [0.2, 0.25) is 0 Å². The second-order valence-electron chi connectivity index (χ2n) is 8.18. The van der Waals surface area contributed by atoms with Gasteiger partial charge in [-0.1, -0.05) is 13.3 Å². The number of benzene rings is 3. The van der Waals surface area contributed by atoms with Crippen LogP contribution in [-0.2, 0) is 14.6 Å². The Kier molecular flexibility index (Phi) is 9.79. The fourth-order valence-electron chi connectivity index (χ4n) is 3.31. The number of ether oxygens (including phenoxy) is 2. The number of carbonyl (C=O) groups is 2. The second kappa shape index (κ2) is 13.0. The first-order valence-corrected chi connectivity index (χ1v) is 12.9. The molecule has 1 atom stereocenters. The summed E-state index contributed by atoms with van der Waals surface area (Å²) in [7, 11) is -4.88. The summed E-state index contributed by atoms with van der Waals surface area (Å²) >= 11 is 0. The number of hydrogen-bond donors (Lipinski definition) is 4. The Morgan fingerprint density at radius 2 is 1.32 bits per heavy atom. The standard InChI is InChI=1S/C26H27NO10S/c1-2-3-12-27-16-24(37-38(32,33)34)19-13-22(35-25(30)17-4-8-20(28)9-5-17)15-23(14-19)36-26(31)18-6-10-21(29)11-7-18/h4-11,13-15,24,27-29H,2-3,12,16H2,1H3,(H,32,33,34). The van der Waals surface area contributed by atoms with Crippen LogP contribution in [0.3, 0.4) is 0 Å². The van der Waals surface area contributed by atoms with E-state index >= 15 is 0 Å².